The molecule has 1 aromatic carbocycles. The van der Waals surface area contributed by atoms with E-state index in [1.54, 1.807) is 0 Å². The second-order valence-corrected chi connectivity index (χ2v) is 9.37. The van der Waals surface area contributed by atoms with Crippen molar-refractivity contribution in [3.05, 3.63) is 41.4 Å². The van der Waals surface area contributed by atoms with Gasteiger partial charge in [0.1, 0.15) is 22.2 Å². The molecule has 1 heterocycles. The normalized spacial score (nSPS) is 12.1. The molecule has 0 spiro atoms. The Morgan fingerprint density at radius 2 is 1.59 bits per heavy atom. The maximum atomic E-state index is 13.1. The Balaban J connectivity index is 2.32. The molecule has 0 aliphatic heterocycles. The van der Waals surface area contributed by atoms with Gasteiger partial charge >= 0.3 is 0 Å². The van der Waals surface area contributed by atoms with Crippen LogP contribution in [0.5, 0.6) is 0 Å². The van der Waals surface area contributed by atoms with E-state index in [9.17, 15) is 26.0 Å². The Morgan fingerprint density at radius 1 is 1.07 bits per heavy atom. The molecule has 1 aromatic heterocycles. The van der Waals surface area contributed by atoms with E-state index in [-0.39, 0.29) is 17.3 Å². The van der Waals surface area contributed by atoms with Gasteiger partial charge < -0.3 is 9.88 Å². The van der Waals surface area contributed by atoms with Gasteiger partial charge in [-0.3, -0.25) is 4.79 Å². The van der Waals surface area contributed by atoms with Gasteiger partial charge in [0.2, 0.25) is 26.0 Å². The number of benzene rings is 1. The Kier molecular flexibility index (Phi) is 6.27. The van der Waals surface area contributed by atoms with Crippen LogP contribution in [0.1, 0.15) is 0 Å². The number of aromatic nitrogens is 1. The fraction of sp³-hybridized carbons (Fsp3) is 0.214. The summed E-state index contributed by atoms with van der Waals surface area (Å²) in [5.74, 6) is -1.25. The van der Waals surface area contributed by atoms with Crippen LogP contribution in [0.2, 0.25) is 5.02 Å². The van der Waals surface area contributed by atoms with Crippen LogP contribution >= 0.6 is 11.6 Å². The zero-order chi connectivity index (χ0) is 20.4. The summed E-state index contributed by atoms with van der Waals surface area (Å²) in [6.45, 7) is -0.388. The van der Waals surface area contributed by atoms with Gasteiger partial charge in [0, 0.05) is 18.1 Å². The van der Waals surface area contributed by atoms with Crippen molar-refractivity contribution < 1.29 is 26.0 Å². The number of rotatable bonds is 7. The van der Waals surface area contributed by atoms with Crippen LogP contribution < -0.4 is 14.8 Å². The number of sulfonamides is 2. The fourth-order valence-electron chi connectivity index (χ4n) is 2.12. The Bertz CT molecular complexity index is 1030. The van der Waals surface area contributed by atoms with Crippen LogP contribution in [-0.4, -0.2) is 41.4 Å². The monoisotopic (exact) mass is 438 g/mol. The predicted molar refractivity (Wildman–Crippen MR) is 97.0 cm³/mol. The lowest BCUT2D eigenvalue weighted by atomic mass is 10.3. The van der Waals surface area contributed by atoms with Crippen molar-refractivity contribution in [2.75, 3.05) is 19.4 Å². The summed E-state index contributed by atoms with van der Waals surface area (Å²) in [5, 5.41) is 2.27. The minimum atomic E-state index is -4.09. The molecule has 0 aliphatic rings. The molecule has 148 valence electrons. The van der Waals surface area contributed by atoms with Gasteiger partial charge in [-0.25, -0.2) is 30.7 Å². The third kappa shape index (κ3) is 4.84. The molecule has 0 fully saturated rings. The van der Waals surface area contributed by atoms with Crippen LogP contribution in [0.3, 0.4) is 0 Å². The quantitative estimate of drug-likeness (QED) is 0.587. The molecule has 2 rings (SSSR count). The van der Waals surface area contributed by atoms with Crippen molar-refractivity contribution in [2.24, 2.45) is 0 Å². The Morgan fingerprint density at radius 3 is 2.04 bits per heavy atom. The van der Waals surface area contributed by atoms with Gasteiger partial charge in [0.15, 0.2) is 0 Å². The summed E-state index contributed by atoms with van der Waals surface area (Å²) < 4.78 is 66.6. The number of nitrogens with zero attached hydrogens (tertiary/aromatic N) is 1. The molecule has 13 heteroatoms. The van der Waals surface area contributed by atoms with Gasteiger partial charge in [0.25, 0.3) is 0 Å². The molecule has 0 saturated heterocycles. The lowest BCUT2D eigenvalue weighted by molar-refractivity contribution is -0.116. The third-order valence-corrected chi connectivity index (χ3v) is 6.76. The first-order valence-electron chi connectivity index (χ1n) is 7.32. The second-order valence-electron chi connectivity index (χ2n) is 5.25. The van der Waals surface area contributed by atoms with Crippen molar-refractivity contribution in [3.63, 3.8) is 0 Å². The van der Waals surface area contributed by atoms with Crippen LogP contribution in [-0.2, 0) is 31.4 Å². The molecule has 0 saturated carbocycles. The molecule has 3 N–H and O–H groups in total. The number of anilines is 1. The molecule has 2 aromatic rings. The third-order valence-electron chi connectivity index (χ3n) is 3.46. The van der Waals surface area contributed by atoms with Crippen LogP contribution in [0.15, 0.2) is 40.4 Å². The molecule has 0 atom stereocenters. The van der Waals surface area contributed by atoms with Crippen molar-refractivity contribution in [2.45, 2.75) is 16.3 Å². The van der Waals surface area contributed by atoms with Crippen molar-refractivity contribution in [3.8, 4) is 0 Å². The highest BCUT2D eigenvalue weighted by atomic mass is 35.5. The summed E-state index contributed by atoms with van der Waals surface area (Å²) in [6.07, 6.45) is 2.04. The molecule has 0 radical (unpaired) electrons. The minimum Gasteiger partial charge on any atom is -0.342 e. The molecule has 0 unspecified atom stereocenters. The molecule has 9 nitrogen and oxygen atoms in total. The minimum absolute atomic E-state index is 0.182. The van der Waals surface area contributed by atoms with Crippen LogP contribution in [0, 0.1) is 5.82 Å². The lowest BCUT2D eigenvalue weighted by Gasteiger charge is -2.06. The molecule has 1 amide bonds. The van der Waals surface area contributed by atoms with E-state index in [0.717, 1.165) is 37.1 Å². The number of nitrogens with one attached hydrogen (secondary N) is 3. The van der Waals surface area contributed by atoms with E-state index in [4.69, 9.17) is 11.6 Å². The highest BCUT2D eigenvalue weighted by Crippen LogP contribution is 2.22. The second kappa shape index (κ2) is 7.94. The van der Waals surface area contributed by atoms with Crippen molar-refractivity contribution in [1.29, 1.82) is 0 Å². The molecular weight excluding hydrogens is 423 g/mol. The molecule has 0 aliphatic carbocycles. The van der Waals surface area contributed by atoms with Gasteiger partial charge in [0.05, 0.1) is 5.02 Å². The number of carbonyl (C=O) groups excluding carboxylic acids is 1. The lowest BCUT2D eigenvalue weighted by Crippen LogP contribution is -2.24. The largest absolute Gasteiger partial charge is 0.342 e. The first-order chi connectivity index (χ1) is 12.5. The molecule has 0 bridgehead atoms. The van der Waals surface area contributed by atoms with Gasteiger partial charge in [-0.15, -0.1) is 0 Å². The topological polar surface area (TPSA) is 126 Å². The zero-order valence-electron chi connectivity index (χ0n) is 14.2. The number of carbonyl (C=O) groups is 1. The van der Waals surface area contributed by atoms with Gasteiger partial charge in [-0.2, -0.15) is 0 Å². The smallest absolute Gasteiger partial charge is 0.244 e. The predicted octanol–water partition coefficient (Wildman–Crippen LogP) is 0.735. The molecule has 27 heavy (non-hydrogen) atoms. The Hall–Kier alpha value is -1.99. The summed E-state index contributed by atoms with van der Waals surface area (Å²) in [7, 11) is -5.91. The first-order valence-corrected chi connectivity index (χ1v) is 10.7. The number of amides is 1. The fourth-order valence-corrected chi connectivity index (χ4v) is 4.58. The van der Waals surface area contributed by atoms with E-state index in [2.05, 4.69) is 5.32 Å². The summed E-state index contributed by atoms with van der Waals surface area (Å²) in [4.78, 5) is 11.1. The van der Waals surface area contributed by atoms with Crippen LogP contribution in [0.25, 0.3) is 0 Å². The summed E-state index contributed by atoms with van der Waals surface area (Å²) >= 11 is 5.64. The highest BCUT2D eigenvalue weighted by Gasteiger charge is 2.27. The van der Waals surface area contributed by atoms with E-state index < -0.39 is 41.6 Å². The Labute approximate surface area is 160 Å². The van der Waals surface area contributed by atoms with Gasteiger partial charge in [-0.1, -0.05) is 11.6 Å². The van der Waals surface area contributed by atoms with Crippen LogP contribution in [0.4, 0.5) is 10.1 Å². The highest BCUT2D eigenvalue weighted by molar-refractivity contribution is 7.92. The number of halogens is 2. The van der Waals surface area contributed by atoms with E-state index >= 15 is 0 Å². The standard InChI is InChI=1S/C14H16ClFN4O5S2/c1-17-26(22,23)12-6-20(7-13(12)27(24,25)18-2)8-14(21)19-9-3-4-11(16)10(15)5-9/h3-7,17-18H,8H2,1-2H3,(H,19,21). The van der Waals surface area contributed by atoms with E-state index in [1.165, 1.54) is 12.1 Å². The SMILES string of the molecule is CNS(=O)(=O)c1cn(CC(=O)Nc2ccc(F)c(Cl)c2)cc1S(=O)(=O)NC. The first kappa shape index (κ1) is 21.3. The average Bonchev–Trinajstić information content (AvgIpc) is 3.03. The van der Waals surface area contributed by atoms with Crippen molar-refractivity contribution >= 4 is 43.2 Å². The van der Waals surface area contributed by atoms with Gasteiger partial charge in [-0.05, 0) is 32.3 Å². The van der Waals surface area contributed by atoms with Crippen molar-refractivity contribution in [1.82, 2.24) is 14.0 Å². The van der Waals surface area contributed by atoms with E-state index in [0.29, 0.717) is 0 Å². The summed E-state index contributed by atoms with van der Waals surface area (Å²) in [6, 6.07) is 3.57. The maximum Gasteiger partial charge on any atom is 0.244 e. The number of hydrogen-bond donors (Lipinski definition) is 3. The zero-order valence-corrected chi connectivity index (χ0v) is 16.5. The molecular formula is C14H16ClFN4O5S2. The number of hydrogen-bond acceptors (Lipinski definition) is 5. The average molecular weight is 439 g/mol. The van der Waals surface area contributed by atoms with E-state index in [1.807, 2.05) is 9.44 Å². The maximum absolute atomic E-state index is 13.1. The summed E-state index contributed by atoms with van der Waals surface area (Å²) in [5.41, 5.74) is 0.227.